The fourth-order valence-corrected chi connectivity index (χ4v) is 4.41. The topological polar surface area (TPSA) is 76.0 Å². The van der Waals surface area contributed by atoms with Crippen molar-refractivity contribution in [1.29, 1.82) is 0 Å². The number of anilines is 1. The lowest BCUT2D eigenvalue weighted by Gasteiger charge is -2.39. The first-order chi connectivity index (χ1) is 14.0. The van der Waals surface area contributed by atoms with Gasteiger partial charge in [-0.15, -0.1) is 0 Å². The van der Waals surface area contributed by atoms with Crippen LogP contribution in [0.1, 0.15) is 19.3 Å². The second-order valence-electron chi connectivity index (χ2n) is 7.99. The Bertz CT molecular complexity index is 1140. The molecule has 0 bridgehead atoms. The number of aromatic amines is 1. The summed E-state index contributed by atoms with van der Waals surface area (Å²) >= 11 is 0. The zero-order valence-electron chi connectivity index (χ0n) is 16.0. The molecule has 2 saturated heterocycles. The van der Waals surface area contributed by atoms with Crippen LogP contribution >= 0.6 is 0 Å². The Labute approximate surface area is 165 Å². The third kappa shape index (κ3) is 2.91. The Morgan fingerprint density at radius 3 is 2.66 bits per heavy atom. The number of fused-ring (bicyclic) bond motifs is 1. The Morgan fingerprint density at radius 2 is 1.97 bits per heavy atom. The van der Waals surface area contributed by atoms with Gasteiger partial charge in [-0.2, -0.15) is 10.1 Å². The van der Waals surface area contributed by atoms with Crippen LogP contribution in [0.15, 0.2) is 23.0 Å². The highest BCUT2D eigenvalue weighted by Gasteiger charge is 2.38. The average molecular weight is 401 g/mol. The van der Waals surface area contributed by atoms with Crippen molar-refractivity contribution < 1.29 is 13.5 Å². The maximum atomic E-state index is 13.7. The van der Waals surface area contributed by atoms with Crippen molar-refractivity contribution in [2.24, 2.45) is 12.5 Å². The van der Waals surface area contributed by atoms with E-state index in [0.717, 1.165) is 57.7 Å². The predicted molar refractivity (Wildman–Crippen MR) is 104 cm³/mol. The van der Waals surface area contributed by atoms with Crippen molar-refractivity contribution in [2.45, 2.75) is 19.3 Å². The van der Waals surface area contributed by atoms with E-state index in [1.54, 1.807) is 7.05 Å². The number of halogens is 2. The van der Waals surface area contributed by atoms with Crippen molar-refractivity contribution in [3.8, 4) is 11.3 Å². The maximum absolute atomic E-state index is 13.7. The minimum Gasteiger partial charge on any atom is -0.381 e. The minimum absolute atomic E-state index is 0.257. The summed E-state index contributed by atoms with van der Waals surface area (Å²) in [5, 5.41) is 7.20. The summed E-state index contributed by atoms with van der Waals surface area (Å²) < 4.78 is 34.0. The number of H-pyrrole nitrogens is 1. The summed E-state index contributed by atoms with van der Waals surface area (Å²) in [6.45, 7) is 3.24. The summed E-state index contributed by atoms with van der Waals surface area (Å²) in [6.07, 6.45) is 3.10. The lowest BCUT2D eigenvalue weighted by atomic mass is 9.78. The Hall–Kier alpha value is -2.81. The first kappa shape index (κ1) is 18.2. The van der Waals surface area contributed by atoms with Crippen molar-refractivity contribution in [3.63, 3.8) is 0 Å². The van der Waals surface area contributed by atoms with Crippen molar-refractivity contribution >= 4 is 17.0 Å². The summed E-state index contributed by atoms with van der Waals surface area (Å²) in [5.41, 5.74) is 0.908. The number of benzene rings is 1. The molecule has 29 heavy (non-hydrogen) atoms. The number of piperidine rings is 1. The molecule has 0 atom stereocenters. The van der Waals surface area contributed by atoms with Gasteiger partial charge in [0.05, 0.1) is 6.61 Å². The molecule has 0 aliphatic carbocycles. The van der Waals surface area contributed by atoms with Gasteiger partial charge in [0.1, 0.15) is 11.1 Å². The molecule has 3 aromatic rings. The van der Waals surface area contributed by atoms with Crippen LogP contribution in [0.4, 0.5) is 14.7 Å². The first-order valence-corrected chi connectivity index (χ1v) is 9.71. The van der Waals surface area contributed by atoms with E-state index >= 15 is 0 Å². The highest BCUT2D eigenvalue weighted by Crippen LogP contribution is 2.39. The van der Waals surface area contributed by atoms with Crippen LogP contribution in [0, 0.1) is 17.0 Å². The van der Waals surface area contributed by atoms with Gasteiger partial charge in [0.2, 0.25) is 5.95 Å². The molecule has 2 aliphatic heterocycles. The zero-order chi connectivity index (χ0) is 20.2. The van der Waals surface area contributed by atoms with Crippen LogP contribution in [0.25, 0.3) is 22.3 Å². The Balaban J connectivity index is 1.52. The zero-order valence-corrected chi connectivity index (χ0v) is 16.0. The predicted octanol–water partition coefficient (Wildman–Crippen LogP) is 2.61. The molecule has 0 saturated carbocycles. The van der Waals surface area contributed by atoms with Gasteiger partial charge in [0.25, 0.3) is 5.56 Å². The van der Waals surface area contributed by atoms with Crippen LogP contribution in [0.5, 0.6) is 0 Å². The fourth-order valence-electron chi connectivity index (χ4n) is 4.41. The molecule has 7 nitrogen and oxygen atoms in total. The lowest BCUT2D eigenvalue weighted by Crippen LogP contribution is -2.43. The molecule has 1 N–H and O–H groups in total. The number of hydrogen-bond acceptors (Lipinski definition) is 5. The molecule has 1 aromatic carbocycles. The van der Waals surface area contributed by atoms with E-state index in [9.17, 15) is 13.6 Å². The molecular weight excluding hydrogens is 380 g/mol. The average Bonchev–Trinajstić information content (AvgIpc) is 3.35. The molecule has 0 amide bonds. The number of ether oxygens (including phenoxy) is 1. The summed E-state index contributed by atoms with van der Waals surface area (Å²) in [4.78, 5) is 19.8. The van der Waals surface area contributed by atoms with E-state index in [1.165, 1.54) is 10.6 Å². The van der Waals surface area contributed by atoms with E-state index in [4.69, 9.17) is 4.74 Å². The number of nitrogens with one attached hydrogen (secondary N) is 1. The largest absolute Gasteiger partial charge is 0.381 e. The molecule has 5 rings (SSSR count). The molecule has 152 valence electrons. The van der Waals surface area contributed by atoms with Gasteiger partial charge >= 0.3 is 0 Å². The number of hydrogen-bond donors (Lipinski definition) is 1. The SMILES string of the molecule is Cn1c(N2CCC3(CCOC3)CC2)nc2[nH]nc(-c3ccc(F)c(F)c3)c2c1=O. The smallest absolute Gasteiger partial charge is 0.266 e. The molecule has 9 heteroatoms. The van der Waals surface area contributed by atoms with Crippen LogP contribution in [0.3, 0.4) is 0 Å². The normalized spacial score (nSPS) is 18.8. The maximum Gasteiger partial charge on any atom is 0.266 e. The molecule has 2 aliphatic rings. The van der Waals surface area contributed by atoms with Gasteiger partial charge in [-0.25, -0.2) is 8.78 Å². The van der Waals surface area contributed by atoms with Gasteiger partial charge in [-0.3, -0.25) is 14.5 Å². The molecule has 1 spiro atoms. The number of aromatic nitrogens is 4. The Kier molecular flexibility index (Phi) is 4.16. The molecule has 2 aromatic heterocycles. The number of nitrogens with zero attached hydrogens (tertiary/aromatic N) is 4. The third-order valence-corrected chi connectivity index (χ3v) is 6.26. The highest BCUT2D eigenvalue weighted by molar-refractivity contribution is 5.90. The van der Waals surface area contributed by atoms with Gasteiger partial charge in [-0.1, -0.05) is 0 Å². The molecule has 0 unspecified atom stereocenters. The second-order valence-corrected chi connectivity index (χ2v) is 7.99. The molecule has 4 heterocycles. The van der Waals surface area contributed by atoms with Gasteiger partial charge in [-0.05, 0) is 42.9 Å². The van der Waals surface area contributed by atoms with E-state index in [-0.39, 0.29) is 22.1 Å². The lowest BCUT2D eigenvalue weighted by molar-refractivity contribution is 0.133. The van der Waals surface area contributed by atoms with Crippen molar-refractivity contribution in [2.75, 3.05) is 31.2 Å². The van der Waals surface area contributed by atoms with Crippen LogP contribution in [0.2, 0.25) is 0 Å². The number of rotatable bonds is 2. The summed E-state index contributed by atoms with van der Waals surface area (Å²) in [7, 11) is 1.68. The summed E-state index contributed by atoms with van der Waals surface area (Å²) in [6, 6.07) is 3.45. The van der Waals surface area contributed by atoms with E-state index in [1.807, 2.05) is 0 Å². The van der Waals surface area contributed by atoms with Crippen LogP contribution in [-0.2, 0) is 11.8 Å². The van der Waals surface area contributed by atoms with Crippen LogP contribution in [-0.4, -0.2) is 46.1 Å². The van der Waals surface area contributed by atoms with Crippen LogP contribution < -0.4 is 10.5 Å². The van der Waals surface area contributed by atoms with Gasteiger partial charge < -0.3 is 9.64 Å². The van der Waals surface area contributed by atoms with E-state index < -0.39 is 11.6 Å². The van der Waals surface area contributed by atoms with Crippen molar-refractivity contribution in [1.82, 2.24) is 19.7 Å². The van der Waals surface area contributed by atoms with E-state index in [2.05, 4.69) is 20.1 Å². The standard InChI is InChI=1S/C20H21F2N5O2/c1-26-18(28)15-16(12-2-3-13(21)14(22)10-12)24-25-17(15)23-19(26)27-7-4-20(5-8-27)6-9-29-11-20/h2-3,10H,4-9,11H2,1H3,(H,24,25). The van der Waals surface area contributed by atoms with Gasteiger partial charge in [0.15, 0.2) is 17.3 Å². The molecule has 2 fully saturated rings. The van der Waals surface area contributed by atoms with E-state index in [0.29, 0.717) is 17.2 Å². The fraction of sp³-hybridized carbons (Fsp3) is 0.450. The van der Waals surface area contributed by atoms with Crippen molar-refractivity contribution in [3.05, 3.63) is 40.2 Å². The quantitative estimate of drug-likeness (QED) is 0.715. The third-order valence-electron chi connectivity index (χ3n) is 6.26. The first-order valence-electron chi connectivity index (χ1n) is 9.71. The Morgan fingerprint density at radius 1 is 1.17 bits per heavy atom. The molecule has 0 radical (unpaired) electrons. The highest BCUT2D eigenvalue weighted by atomic mass is 19.2. The monoisotopic (exact) mass is 401 g/mol. The summed E-state index contributed by atoms with van der Waals surface area (Å²) in [5.74, 6) is -1.35. The minimum atomic E-state index is -0.988. The van der Waals surface area contributed by atoms with Gasteiger partial charge in [0, 0.05) is 32.3 Å². The molecular formula is C20H21F2N5O2. The second kappa shape index (κ2) is 6.62.